The van der Waals surface area contributed by atoms with Gasteiger partial charge in [0.05, 0.1) is 25.4 Å². The van der Waals surface area contributed by atoms with Crippen LogP contribution >= 0.6 is 0 Å². The number of carbonyl (C=O) groups excluding carboxylic acids is 2. The van der Waals surface area contributed by atoms with Gasteiger partial charge in [-0.1, -0.05) is 282 Å². The Bertz CT molecular complexity index is 1090. The average molecular weight is 987 g/mol. The highest BCUT2D eigenvalue weighted by Gasteiger charge is 2.20. The third kappa shape index (κ3) is 55.7. The number of nitrogens with one attached hydrogen (secondary N) is 1. The Morgan fingerprint density at radius 1 is 0.386 bits per heavy atom. The van der Waals surface area contributed by atoms with E-state index < -0.39 is 12.1 Å². The molecule has 0 saturated carbocycles. The molecule has 0 aliphatic carbocycles. The van der Waals surface area contributed by atoms with Crippen LogP contribution in [0.2, 0.25) is 0 Å². The zero-order chi connectivity index (χ0) is 50.7. The number of rotatable bonds is 59. The largest absolute Gasteiger partial charge is 0.466 e. The van der Waals surface area contributed by atoms with E-state index in [1.807, 2.05) is 0 Å². The number of aliphatic hydroxyl groups excluding tert-OH is 2. The van der Waals surface area contributed by atoms with Crippen molar-refractivity contribution in [2.45, 2.75) is 360 Å². The highest BCUT2D eigenvalue weighted by molar-refractivity contribution is 5.76. The normalized spacial score (nSPS) is 12.7. The van der Waals surface area contributed by atoms with Crippen LogP contribution in [0.25, 0.3) is 0 Å². The second-order valence-corrected chi connectivity index (χ2v) is 21.7. The lowest BCUT2D eigenvalue weighted by Crippen LogP contribution is -2.45. The van der Waals surface area contributed by atoms with Crippen LogP contribution in [0.4, 0.5) is 0 Å². The Hall–Kier alpha value is -1.66. The molecule has 0 spiro atoms. The van der Waals surface area contributed by atoms with Gasteiger partial charge in [0.1, 0.15) is 0 Å². The Morgan fingerprint density at radius 2 is 0.671 bits per heavy atom. The maximum atomic E-state index is 12.5. The van der Waals surface area contributed by atoms with Crippen molar-refractivity contribution in [3.05, 3.63) is 24.3 Å². The van der Waals surface area contributed by atoms with Crippen LogP contribution in [0.15, 0.2) is 24.3 Å². The molecule has 0 aliphatic heterocycles. The van der Waals surface area contributed by atoms with Gasteiger partial charge >= 0.3 is 5.97 Å². The van der Waals surface area contributed by atoms with E-state index in [4.69, 9.17) is 4.74 Å². The third-order valence-corrected chi connectivity index (χ3v) is 14.7. The van der Waals surface area contributed by atoms with Gasteiger partial charge in [0.2, 0.25) is 5.91 Å². The maximum absolute atomic E-state index is 12.5. The van der Waals surface area contributed by atoms with Crippen molar-refractivity contribution in [2.24, 2.45) is 0 Å². The number of unbranched alkanes of at least 4 members (excludes halogenated alkanes) is 44. The van der Waals surface area contributed by atoms with Gasteiger partial charge in [0, 0.05) is 12.8 Å². The number of amides is 1. The summed E-state index contributed by atoms with van der Waals surface area (Å²) in [6, 6.07) is -0.542. The molecule has 0 aliphatic rings. The summed E-state index contributed by atoms with van der Waals surface area (Å²) in [7, 11) is 0. The van der Waals surface area contributed by atoms with Crippen molar-refractivity contribution < 1.29 is 24.5 Å². The number of esters is 1. The first-order valence-corrected chi connectivity index (χ1v) is 31.6. The van der Waals surface area contributed by atoms with E-state index in [2.05, 4.69) is 43.5 Å². The van der Waals surface area contributed by atoms with Gasteiger partial charge in [-0.15, -0.1) is 0 Å². The number of ether oxygens (including phenoxy) is 1. The van der Waals surface area contributed by atoms with Gasteiger partial charge in [-0.2, -0.15) is 0 Å². The lowest BCUT2D eigenvalue weighted by molar-refractivity contribution is -0.143. The van der Waals surface area contributed by atoms with Crippen molar-refractivity contribution in [2.75, 3.05) is 13.2 Å². The average Bonchev–Trinajstić information content (AvgIpc) is 3.36. The van der Waals surface area contributed by atoms with E-state index in [0.717, 1.165) is 44.9 Å². The fourth-order valence-corrected chi connectivity index (χ4v) is 9.87. The molecule has 3 N–H and O–H groups in total. The molecule has 6 heteroatoms. The molecule has 0 rings (SSSR count). The fourth-order valence-electron chi connectivity index (χ4n) is 9.87. The van der Waals surface area contributed by atoms with Crippen molar-refractivity contribution in [1.82, 2.24) is 5.32 Å². The molecule has 0 aromatic carbocycles. The van der Waals surface area contributed by atoms with Crippen molar-refractivity contribution in [1.29, 1.82) is 0 Å². The Morgan fingerprint density at radius 3 is 1.04 bits per heavy atom. The Balaban J connectivity index is 3.39. The zero-order valence-electron chi connectivity index (χ0n) is 47.3. The first-order chi connectivity index (χ1) is 34.5. The van der Waals surface area contributed by atoms with Crippen LogP contribution in [0.3, 0.4) is 0 Å². The summed E-state index contributed by atoms with van der Waals surface area (Å²) in [6.45, 7) is 4.94. The van der Waals surface area contributed by atoms with Gasteiger partial charge in [-0.05, 0) is 77.0 Å². The summed E-state index contributed by atoms with van der Waals surface area (Å²) in [5, 5.41) is 23.3. The molecule has 0 radical (unpaired) electrons. The molecule has 6 nitrogen and oxygen atoms in total. The lowest BCUT2D eigenvalue weighted by Gasteiger charge is -2.22. The van der Waals surface area contributed by atoms with E-state index in [9.17, 15) is 19.8 Å². The highest BCUT2D eigenvalue weighted by atomic mass is 16.5. The first-order valence-electron chi connectivity index (χ1n) is 31.6. The zero-order valence-corrected chi connectivity index (χ0v) is 47.3. The molecule has 2 atom stereocenters. The number of carbonyl (C=O) groups is 2. The van der Waals surface area contributed by atoms with Crippen LogP contribution in [-0.2, 0) is 14.3 Å². The summed E-state index contributed by atoms with van der Waals surface area (Å²) >= 11 is 0. The predicted molar refractivity (Wildman–Crippen MR) is 306 cm³/mol. The van der Waals surface area contributed by atoms with Crippen molar-refractivity contribution >= 4 is 11.9 Å². The highest BCUT2D eigenvalue weighted by Crippen LogP contribution is 2.18. The fraction of sp³-hybridized carbons (Fsp3) is 0.906. The first kappa shape index (κ1) is 68.3. The number of hydrogen-bond acceptors (Lipinski definition) is 5. The van der Waals surface area contributed by atoms with Gasteiger partial charge in [-0.3, -0.25) is 9.59 Å². The minimum Gasteiger partial charge on any atom is -0.466 e. The number of allylic oxidation sites excluding steroid dienone is 4. The van der Waals surface area contributed by atoms with Crippen LogP contribution in [0.1, 0.15) is 348 Å². The van der Waals surface area contributed by atoms with Crippen LogP contribution in [0, 0.1) is 0 Å². The quantitative estimate of drug-likeness (QED) is 0.0321. The lowest BCUT2D eigenvalue weighted by atomic mass is 10.0. The van der Waals surface area contributed by atoms with E-state index in [0.29, 0.717) is 25.9 Å². The minimum absolute atomic E-state index is 0.00447. The Labute approximate surface area is 437 Å². The van der Waals surface area contributed by atoms with Gasteiger partial charge in [0.25, 0.3) is 0 Å². The summed E-state index contributed by atoms with van der Waals surface area (Å²) in [5.74, 6) is -0.0303. The summed E-state index contributed by atoms with van der Waals surface area (Å²) in [6.07, 6.45) is 73.4. The molecule has 1 amide bonds. The third-order valence-electron chi connectivity index (χ3n) is 14.7. The molecule has 0 bridgehead atoms. The van der Waals surface area contributed by atoms with E-state index in [1.165, 1.54) is 270 Å². The van der Waals surface area contributed by atoms with E-state index in [-0.39, 0.29) is 18.5 Å². The molecule has 0 heterocycles. The smallest absolute Gasteiger partial charge is 0.305 e. The molecule has 70 heavy (non-hydrogen) atoms. The second kappa shape index (κ2) is 59.9. The monoisotopic (exact) mass is 986 g/mol. The van der Waals surface area contributed by atoms with Gasteiger partial charge in [-0.25, -0.2) is 0 Å². The van der Waals surface area contributed by atoms with E-state index in [1.54, 1.807) is 0 Å². The SMILES string of the molecule is CCCCC/C=C\CCCCCCCC(=O)OCCCCCCCCCCCCCC/C=C\CCCCCCCCCCCCC(=O)NC(CO)C(O)CCCCCCCCCCCCCCCCC. The van der Waals surface area contributed by atoms with Gasteiger partial charge in [0.15, 0.2) is 0 Å². The van der Waals surface area contributed by atoms with Crippen LogP contribution in [0.5, 0.6) is 0 Å². The number of hydrogen-bond donors (Lipinski definition) is 3. The summed E-state index contributed by atoms with van der Waals surface area (Å²) in [5.41, 5.74) is 0. The molecular weight excluding hydrogens is 863 g/mol. The maximum Gasteiger partial charge on any atom is 0.305 e. The van der Waals surface area contributed by atoms with Crippen LogP contribution in [-0.4, -0.2) is 47.4 Å². The van der Waals surface area contributed by atoms with Crippen LogP contribution < -0.4 is 5.32 Å². The molecule has 0 saturated heterocycles. The molecule has 2 unspecified atom stereocenters. The molecular formula is C64H123NO5. The summed E-state index contributed by atoms with van der Waals surface area (Å²) in [4.78, 5) is 24.5. The molecule has 414 valence electrons. The number of aliphatic hydroxyl groups is 2. The van der Waals surface area contributed by atoms with Crippen molar-refractivity contribution in [3.8, 4) is 0 Å². The topological polar surface area (TPSA) is 95.9 Å². The molecule has 0 fully saturated rings. The predicted octanol–water partition coefficient (Wildman–Crippen LogP) is 19.8. The molecule has 0 aromatic heterocycles. The summed E-state index contributed by atoms with van der Waals surface area (Å²) < 4.78 is 5.47. The Kier molecular flexibility index (Phi) is 58.5. The minimum atomic E-state index is -0.665. The van der Waals surface area contributed by atoms with E-state index >= 15 is 0 Å². The molecule has 0 aromatic rings. The van der Waals surface area contributed by atoms with Gasteiger partial charge < -0.3 is 20.3 Å². The standard InChI is InChI=1S/C64H123NO5/c1-3-5-7-9-11-13-15-17-30-33-36-40-44-48-52-56-62(67)61(60-66)65-63(68)57-53-49-45-41-37-34-31-28-26-24-22-20-18-19-21-23-25-27-29-32-35-39-43-47-51-55-59-70-64(69)58-54-50-46-42-38-16-14-12-10-8-6-4-2/h12,14,18,20,61-62,66-67H,3-11,13,15-17,19,21-60H2,1-2H3,(H,65,68)/b14-12-,20-18-. The second-order valence-electron chi connectivity index (χ2n) is 21.7. The van der Waals surface area contributed by atoms with Crippen molar-refractivity contribution in [3.63, 3.8) is 0 Å².